The van der Waals surface area contributed by atoms with Crippen LogP contribution in [0.15, 0.2) is 42.6 Å². The number of hydrogen-bond acceptors (Lipinski definition) is 4. The van der Waals surface area contributed by atoms with Crippen LogP contribution >= 0.6 is 11.6 Å². The molecule has 110 valence electrons. The number of anilines is 2. The number of carbonyl (C=O) groups excluding carboxylic acids is 1. The zero-order chi connectivity index (χ0) is 15.5. The van der Waals surface area contributed by atoms with Gasteiger partial charge in [-0.2, -0.15) is 8.42 Å². The number of benzene rings is 1. The maximum Gasteiger partial charge on any atom is 0.296 e. The molecule has 2 aromatic rings. The lowest BCUT2D eigenvalue weighted by Gasteiger charge is -2.08. The van der Waals surface area contributed by atoms with Crippen LogP contribution in [0.5, 0.6) is 0 Å². The van der Waals surface area contributed by atoms with Crippen molar-refractivity contribution in [2.75, 3.05) is 10.0 Å². The normalized spacial score (nSPS) is 11.0. The second-order valence-electron chi connectivity index (χ2n) is 4.05. The molecular weight excluding hydrogens is 316 g/mol. The smallest absolute Gasteiger partial charge is 0.296 e. The Kier molecular flexibility index (Phi) is 4.41. The summed E-state index contributed by atoms with van der Waals surface area (Å²) >= 11 is 5.64. The van der Waals surface area contributed by atoms with Crippen molar-refractivity contribution in [3.8, 4) is 0 Å². The third-order valence-electron chi connectivity index (χ3n) is 2.37. The molecule has 0 unspecified atom stereocenters. The number of halogens is 1. The zero-order valence-electron chi connectivity index (χ0n) is 10.6. The Balaban J connectivity index is 2.14. The third-order valence-corrected chi connectivity index (χ3v) is 3.11. The first kappa shape index (κ1) is 15.2. The van der Waals surface area contributed by atoms with Crippen molar-refractivity contribution in [3.63, 3.8) is 0 Å². The molecule has 1 aromatic carbocycles. The van der Waals surface area contributed by atoms with Crippen LogP contribution in [0.2, 0.25) is 5.15 Å². The van der Waals surface area contributed by atoms with Crippen LogP contribution < -0.4 is 15.2 Å². The molecule has 1 aromatic heterocycles. The molecule has 1 heterocycles. The number of nitrogens with two attached hydrogens (primary N) is 1. The van der Waals surface area contributed by atoms with Gasteiger partial charge >= 0.3 is 0 Å². The van der Waals surface area contributed by atoms with E-state index in [4.69, 9.17) is 16.7 Å². The van der Waals surface area contributed by atoms with Crippen LogP contribution in [0.25, 0.3) is 0 Å². The van der Waals surface area contributed by atoms with Gasteiger partial charge in [0.05, 0.1) is 11.3 Å². The summed E-state index contributed by atoms with van der Waals surface area (Å²) in [5.41, 5.74) is 0.970. The number of rotatable bonds is 4. The van der Waals surface area contributed by atoms with Crippen molar-refractivity contribution in [2.45, 2.75) is 0 Å². The van der Waals surface area contributed by atoms with Crippen LogP contribution in [0.4, 0.5) is 11.4 Å². The lowest BCUT2D eigenvalue weighted by molar-refractivity contribution is 0.102. The van der Waals surface area contributed by atoms with Gasteiger partial charge in [0.15, 0.2) is 0 Å². The predicted molar refractivity (Wildman–Crippen MR) is 80.4 cm³/mol. The standard InChI is InChI=1S/C12H11ClN4O3S/c13-11-5-4-8(7-15-11)12(18)16-9-2-1-3-10(6-9)17-21(14,19)20/h1-7,17H,(H,16,18)(H2,14,19,20). The summed E-state index contributed by atoms with van der Waals surface area (Å²) in [4.78, 5) is 15.8. The molecule has 0 bridgehead atoms. The topological polar surface area (TPSA) is 114 Å². The van der Waals surface area contributed by atoms with Crippen molar-refractivity contribution in [3.05, 3.63) is 53.3 Å². The van der Waals surface area contributed by atoms with Crippen molar-refractivity contribution in [1.29, 1.82) is 0 Å². The van der Waals surface area contributed by atoms with Crippen molar-refractivity contribution < 1.29 is 13.2 Å². The average Bonchev–Trinajstić information content (AvgIpc) is 2.37. The van der Waals surface area contributed by atoms with Crippen molar-refractivity contribution in [2.24, 2.45) is 5.14 Å². The fourth-order valence-corrected chi connectivity index (χ4v) is 2.11. The zero-order valence-corrected chi connectivity index (χ0v) is 12.1. The second kappa shape index (κ2) is 6.08. The molecule has 1 amide bonds. The predicted octanol–water partition coefficient (Wildman–Crippen LogP) is 1.60. The average molecular weight is 327 g/mol. The Morgan fingerprint density at radius 1 is 1.19 bits per heavy atom. The quantitative estimate of drug-likeness (QED) is 0.740. The van der Waals surface area contributed by atoms with Gasteiger partial charge in [0, 0.05) is 11.9 Å². The Morgan fingerprint density at radius 3 is 2.52 bits per heavy atom. The number of aromatic nitrogens is 1. The number of hydrogen-bond donors (Lipinski definition) is 3. The molecule has 0 saturated carbocycles. The highest BCUT2D eigenvalue weighted by molar-refractivity contribution is 7.90. The fraction of sp³-hybridized carbons (Fsp3) is 0. The number of amides is 1. The van der Waals surface area contributed by atoms with E-state index in [1.807, 2.05) is 0 Å². The highest BCUT2D eigenvalue weighted by Gasteiger charge is 2.08. The van der Waals surface area contributed by atoms with Gasteiger partial charge in [-0.3, -0.25) is 9.52 Å². The van der Waals surface area contributed by atoms with Gasteiger partial charge in [-0.15, -0.1) is 0 Å². The molecule has 7 nitrogen and oxygen atoms in total. The number of pyridine rings is 1. The molecule has 0 aliphatic heterocycles. The summed E-state index contributed by atoms with van der Waals surface area (Å²) in [5.74, 6) is -0.396. The molecule has 2 rings (SSSR count). The summed E-state index contributed by atoms with van der Waals surface area (Å²) < 4.78 is 24.0. The minimum atomic E-state index is -3.87. The van der Waals surface area contributed by atoms with Gasteiger partial charge in [0.2, 0.25) is 0 Å². The second-order valence-corrected chi connectivity index (χ2v) is 5.73. The first-order valence-corrected chi connectivity index (χ1v) is 7.59. The number of nitrogens with zero attached hydrogens (tertiary/aromatic N) is 1. The van der Waals surface area contributed by atoms with E-state index in [2.05, 4.69) is 15.0 Å². The molecule has 0 radical (unpaired) electrons. The maximum absolute atomic E-state index is 12.0. The van der Waals surface area contributed by atoms with E-state index in [0.29, 0.717) is 11.3 Å². The molecule has 0 aliphatic carbocycles. The van der Waals surface area contributed by atoms with Crippen LogP contribution in [0.1, 0.15) is 10.4 Å². The summed E-state index contributed by atoms with van der Waals surface area (Å²) in [6, 6.07) is 9.14. The minimum absolute atomic E-state index is 0.240. The van der Waals surface area contributed by atoms with Crippen LogP contribution in [-0.4, -0.2) is 19.3 Å². The van der Waals surface area contributed by atoms with Gasteiger partial charge in [0.1, 0.15) is 5.15 Å². The van der Waals surface area contributed by atoms with E-state index in [-0.39, 0.29) is 10.8 Å². The lowest BCUT2D eigenvalue weighted by Crippen LogP contribution is -2.21. The molecule has 0 aliphatic rings. The molecular formula is C12H11ClN4O3S. The fourth-order valence-electron chi connectivity index (χ4n) is 1.54. The van der Waals surface area contributed by atoms with Gasteiger partial charge < -0.3 is 5.32 Å². The summed E-state index contributed by atoms with van der Waals surface area (Å²) in [6.45, 7) is 0. The maximum atomic E-state index is 12.0. The van der Waals surface area contributed by atoms with E-state index < -0.39 is 16.1 Å². The molecule has 9 heteroatoms. The number of nitrogens with one attached hydrogen (secondary N) is 2. The highest BCUT2D eigenvalue weighted by atomic mass is 35.5. The van der Waals surface area contributed by atoms with Gasteiger partial charge in [-0.1, -0.05) is 17.7 Å². The monoisotopic (exact) mass is 326 g/mol. The molecule has 0 atom stereocenters. The molecule has 0 spiro atoms. The van der Waals surface area contributed by atoms with Gasteiger partial charge in [-0.05, 0) is 30.3 Å². The summed E-state index contributed by atoms with van der Waals surface area (Å²) in [7, 11) is -3.87. The molecule has 0 saturated heterocycles. The molecule has 0 fully saturated rings. The summed E-state index contributed by atoms with van der Waals surface area (Å²) in [6.07, 6.45) is 1.34. The first-order chi connectivity index (χ1) is 9.83. The van der Waals surface area contributed by atoms with Gasteiger partial charge in [0.25, 0.3) is 16.1 Å². The van der Waals surface area contributed by atoms with Crippen LogP contribution in [0, 0.1) is 0 Å². The van der Waals surface area contributed by atoms with E-state index in [1.54, 1.807) is 12.1 Å². The Morgan fingerprint density at radius 2 is 1.90 bits per heavy atom. The third kappa shape index (κ3) is 4.71. The van der Waals surface area contributed by atoms with E-state index >= 15 is 0 Å². The Hall–Kier alpha value is -2.16. The van der Waals surface area contributed by atoms with E-state index in [0.717, 1.165) is 0 Å². The van der Waals surface area contributed by atoms with Crippen molar-refractivity contribution >= 4 is 39.1 Å². The van der Waals surface area contributed by atoms with Crippen LogP contribution in [-0.2, 0) is 10.2 Å². The minimum Gasteiger partial charge on any atom is -0.322 e. The van der Waals surface area contributed by atoms with Crippen LogP contribution in [0.3, 0.4) is 0 Å². The molecule has 21 heavy (non-hydrogen) atoms. The molecule has 4 N–H and O–H groups in total. The number of carbonyl (C=O) groups is 1. The van der Waals surface area contributed by atoms with Crippen molar-refractivity contribution in [1.82, 2.24) is 4.98 Å². The highest BCUT2D eigenvalue weighted by Crippen LogP contribution is 2.16. The largest absolute Gasteiger partial charge is 0.322 e. The van der Waals surface area contributed by atoms with E-state index in [9.17, 15) is 13.2 Å². The SMILES string of the molecule is NS(=O)(=O)Nc1cccc(NC(=O)c2ccc(Cl)nc2)c1. The Labute approximate surface area is 126 Å². The van der Waals surface area contributed by atoms with E-state index in [1.165, 1.54) is 30.5 Å². The Bertz CT molecular complexity index is 762. The first-order valence-electron chi connectivity index (χ1n) is 5.67. The van der Waals surface area contributed by atoms with Gasteiger partial charge in [-0.25, -0.2) is 10.1 Å². The summed E-state index contributed by atoms with van der Waals surface area (Å²) in [5, 5.41) is 7.77. The lowest BCUT2D eigenvalue weighted by atomic mass is 10.2.